The Morgan fingerprint density at radius 1 is 1.48 bits per heavy atom. The number of halogens is 1. The second-order valence-corrected chi connectivity index (χ2v) is 5.51. The number of nitrogens with zero attached hydrogens (tertiary/aromatic N) is 1. The van der Waals surface area contributed by atoms with Crippen LogP contribution in [0.4, 0.5) is 0 Å². The summed E-state index contributed by atoms with van der Waals surface area (Å²) in [7, 11) is -0.903. The van der Waals surface area contributed by atoms with Crippen LogP contribution in [0.2, 0.25) is 5.02 Å². The van der Waals surface area contributed by atoms with Gasteiger partial charge in [-0.3, -0.25) is 9.78 Å². The Bertz CT molecular complexity index is 720. The first kappa shape index (κ1) is 14.3. The highest BCUT2D eigenvalue weighted by molar-refractivity contribution is 6.61. The van der Waals surface area contributed by atoms with E-state index in [0.29, 0.717) is 17.2 Å². The van der Waals surface area contributed by atoms with Gasteiger partial charge in [-0.05, 0) is 29.6 Å². The van der Waals surface area contributed by atoms with Gasteiger partial charge in [0.25, 0.3) is 0 Å². The standard InChI is InChI=1S/C15H13BClNO3/c1-9-4-14(17)12(7-18-9)15(19)6-10-2-3-11-8-21-16(20)13(11)5-10/h2-5,7,20H,6,8H2,1H3. The van der Waals surface area contributed by atoms with Gasteiger partial charge in [-0.1, -0.05) is 29.8 Å². The number of aryl methyl sites for hydroxylation is 1. The van der Waals surface area contributed by atoms with Gasteiger partial charge in [0.2, 0.25) is 0 Å². The van der Waals surface area contributed by atoms with Crippen molar-refractivity contribution >= 4 is 30.0 Å². The van der Waals surface area contributed by atoms with E-state index in [-0.39, 0.29) is 12.2 Å². The Morgan fingerprint density at radius 3 is 3.05 bits per heavy atom. The summed E-state index contributed by atoms with van der Waals surface area (Å²) >= 11 is 6.09. The summed E-state index contributed by atoms with van der Waals surface area (Å²) in [6.45, 7) is 2.22. The maximum Gasteiger partial charge on any atom is 0.491 e. The van der Waals surface area contributed by atoms with Crippen LogP contribution < -0.4 is 5.46 Å². The molecule has 1 N–H and O–H groups in total. The Balaban J connectivity index is 1.83. The predicted molar refractivity (Wildman–Crippen MR) is 80.9 cm³/mol. The number of hydrogen-bond acceptors (Lipinski definition) is 4. The number of aromatic nitrogens is 1. The van der Waals surface area contributed by atoms with E-state index in [1.165, 1.54) is 6.20 Å². The molecule has 0 aliphatic carbocycles. The lowest BCUT2D eigenvalue weighted by Crippen LogP contribution is -2.28. The van der Waals surface area contributed by atoms with Crippen molar-refractivity contribution in [2.75, 3.05) is 0 Å². The molecule has 0 bridgehead atoms. The van der Waals surface area contributed by atoms with Gasteiger partial charge in [-0.25, -0.2) is 0 Å². The SMILES string of the molecule is Cc1cc(Cl)c(C(=O)Cc2ccc3c(c2)B(O)OC3)cn1. The van der Waals surface area contributed by atoms with Gasteiger partial charge < -0.3 is 9.68 Å². The van der Waals surface area contributed by atoms with Crippen LogP contribution in [0.25, 0.3) is 0 Å². The molecule has 0 radical (unpaired) electrons. The van der Waals surface area contributed by atoms with E-state index in [9.17, 15) is 9.82 Å². The summed E-state index contributed by atoms with van der Waals surface area (Å²) in [4.78, 5) is 16.4. The Morgan fingerprint density at radius 2 is 2.29 bits per heavy atom. The van der Waals surface area contributed by atoms with Crippen LogP contribution in [-0.4, -0.2) is 22.9 Å². The highest BCUT2D eigenvalue weighted by atomic mass is 35.5. The Hall–Kier alpha value is -1.69. The maximum atomic E-state index is 12.3. The molecule has 1 aliphatic rings. The minimum atomic E-state index is -0.903. The summed E-state index contributed by atoms with van der Waals surface area (Å²) < 4.78 is 5.14. The van der Waals surface area contributed by atoms with Crippen molar-refractivity contribution in [2.45, 2.75) is 20.0 Å². The first-order chi connectivity index (χ1) is 10.0. The summed E-state index contributed by atoms with van der Waals surface area (Å²) in [6, 6.07) is 7.23. The van der Waals surface area contributed by atoms with Crippen LogP contribution in [0, 0.1) is 6.92 Å². The average molecular weight is 302 g/mol. The Kier molecular flexibility index (Phi) is 3.80. The normalized spacial score (nSPS) is 13.4. The molecule has 6 heteroatoms. The van der Waals surface area contributed by atoms with Crippen LogP contribution in [0.1, 0.15) is 27.2 Å². The van der Waals surface area contributed by atoms with Crippen LogP contribution in [0.3, 0.4) is 0 Å². The molecular weight excluding hydrogens is 288 g/mol. The Labute approximate surface area is 127 Å². The largest absolute Gasteiger partial charge is 0.491 e. The molecule has 0 fully saturated rings. The number of carbonyl (C=O) groups excluding carboxylic acids is 1. The zero-order chi connectivity index (χ0) is 15.0. The van der Waals surface area contributed by atoms with E-state index < -0.39 is 7.12 Å². The lowest BCUT2D eigenvalue weighted by atomic mass is 9.78. The third-order valence-corrected chi connectivity index (χ3v) is 3.84. The third kappa shape index (κ3) is 2.86. The molecule has 21 heavy (non-hydrogen) atoms. The predicted octanol–water partition coefficient (Wildman–Crippen LogP) is 1.69. The molecule has 1 aliphatic heterocycles. The number of pyridine rings is 1. The average Bonchev–Trinajstić information content (AvgIpc) is 2.80. The van der Waals surface area contributed by atoms with Crippen molar-refractivity contribution in [1.29, 1.82) is 0 Å². The van der Waals surface area contributed by atoms with E-state index in [2.05, 4.69) is 4.98 Å². The molecule has 0 amide bonds. The minimum absolute atomic E-state index is 0.0964. The van der Waals surface area contributed by atoms with Crippen molar-refractivity contribution < 1.29 is 14.5 Å². The quantitative estimate of drug-likeness (QED) is 0.692. The van der Waals surface area contributed by atoms with Gasteiger partial charge in [0.05, 0.1) is 17.2 Å². The number of benzene rings is 1. The number of rotatable bonds is 3. The van der Waals surface area contributed by atoms with Crippen LogP contribution in [0.5, 0.6) is 0 Å². The molecule has 1 aromatic heterocycles. The maximum absolute atomic E-state index is 12.3. The van der Waals surface area contributed by atoms with Gasteiger partial charge in [0.15, 0.2) is 5.78 Å². The van der Waals surface area contributed by atoms with Crippen LogP contribution in [-0.2, 0) is 17.7 Å². The molecule has 4 nitrogen and oxygen atoms in total. The molecule has 0 saturated heterocycles. The fraction of sp³-hybridized carbons (Fsp3) is 0.200. The van der Waals surface area contributed by atoms with Crippen molar-refractivity contribution in [2.24, 2.45) is 0 Å². The molecular formula is C15H13BClNO3. The van der Waals surface area contributed by atoms with Gasteiger partial charge >= 0.3 is 7.12 Å². The third-order valence-electron chi connectivity index (χ3n) is 3.53. The van der Waals surface area contributed by atoms with Crippen molar-refractivity contribution in [1.82, 2.24) is 4.98 Å². The minimum Gasteiger partial charge on any atom is -0.423 e. The number of ketones is 1. The molecule has 0 unspecified atom stereocenters. The molecule has 0 atom stereocenters. The van der Waals surface area contributed by atoms with Crippen molar-refractivity contribution in [3.8, 4) is 0 Å². The van der Waals surface area contributed by atoms with E-state index >= 15 is 0 Å². The smallest absolute Gasteiger partial charge is 0.423 e. The first-order valence-electron chi connectivity index (χ1n) is 6.61. The van der Waals surface area contributed by atoms with Gasteiger partial charge in [-0.2, -0.15) is 0 Å². The lowest BCUT2D eigenvalue weighted by Gasteiger charge is -2.06. The summed E-state index contributed by atoms with van der Waals surface area (Å²) in [5.74, 6) is -0.0964. The second-order valence-electron chi connectivity index (χ2n) is 5.10. The zero-order valence-corrected chi connectivity index (χ0v) is 12.2. The van der Waals surface area contributed by atoms with Crippen molar-refractivity contribution in [3.05, 3.63) is 57.9 Å². The monoisotopic (exact) mass is 301 g/mol. The molecule has 1 aromatic carbocycles. The number of carbonyl (C=O) groups is 1. The van der Waals surface area contributed by atoms with E-state index in [4.69, 9.17) is 16.3 Å². The van der Waals surface area contributed by atoms with E-state index in [0.717, 1.165) is 22.3 Å². The summed E-state index contributed by atoms with van der Waals surface area (Å²) in [6.07, 6.45) is 1.72. The fourth-order valence-electron chi connectivity index (χ4n) is 2.39. The first-order valence-corrected chi connectivity index (χ1v) is 6.99. The molecule has 2 aromatic rings. The second kappa shape index (κ2) is 5.60. The fourth-order valence-corrected chi connectivity index (χ4v) is 2.70. The summed E-state index contributed by atoms with van der Waals surface area (Å²) in [5.41, 5.74) is 3.69. The molecule has 0 saturated carbocycles. The van der Waals surface area contributed by atoms with Crippen LogP contribution >= 0.6 is 11.6 Å². The lowest BCUT2D eigenvalue weighted by molar-refractivity contribution is 0.0993. The zero-order valence-electron chi connectivity index (χ0n) is 11.5. The van der Waals surface area contributed by atoms with Gasteiger partial charge in [-0.15, -0.1) is 0 Å². The topological polar surface area (TPSA) is 59.4 Å². The number of hydrogen-bond donors (Lipinski definition) is 1. The number of fused-ring (bicyclic) bond motifs is 1. The molecule has 0 spiro atoms. The highest BCUT2D eigenvalue weighted by Crippen LogP contribution is 2.19. The van der Waals surface area contributed by atoms with E-state index in [1.54, 1.807) is 12.1 Å². The van der Waals surface area contributed by atoms with Crippen molar-refractivity contribution in [3.63, 3.8) is 0 Å². The van der Waals surface area contributed by atoms with Gasteiger partial charge in [0, 0.05) is 18.3 Å². The highest BCUT2D eigenvalue weighted by Gasteiger charge is 2.27. The molecule has 3 rings (SSSR count). The van der Waals surface area contributed by atoms with Gasteiger partial charge in [0.1, 0.15) is 0 Å². The molecule has 2 heterocycles. The van der Waals surface area contributed by atoms with E-state index in [1.807, 2.05) is 19.1 Å². The van der Waals surface area contributed by atoms with Crippen LogP contribution in [0.15, 0.2) is 30.5 Å². The molecule has 106 valence electrons. The summed E-state index contributed by atoms with van der Waals surface area (Å²) in [5, 5.41) is 10.1. The number of Topliss-reactive ketones (excluding diaryl/α,β-unsaturated/α-hetero) is 1.